The van der Waals surface area contributed by atoms with E-state index < -0.39 is 5.60 Å². The summed E-state index contributed by atoms with van der Waals surface area (Å²) in [5.41, 5.74) is -0.813. The third-order valence-electron chi connectivity index (χ3n) is 4.08. The summed E-state index contributed by atoms with van der Waals surface area (Å²) in [4.78, 5) is 0. The molecule has 1 heteroatoms. The zero-order valence-electron chi connectivity index (χ0n) is 12.9. The van der Waals surface area contributed by atoms with Gasteiger partial charge in [-0.2, -0.15) is 0 Å². The van der Waals surface area contributed by atoms with Gasteiger partial charge in [0, 0.05) is 0 Å². The molecule has 0 spiro atoms. The minimum atomic E-state index is -0.624. The van der Waals surface area contributed by atoms with Crippen molar-refractivity contribution in [3.8, 4) is 0 Å². The van der Waals surface area contributed by atoms with Crippen LogP contribution >= 0.6 is 0 Å². The van der Waals surface area contributed by atoms with Gasteiger partial charge in [-0.1, -0.05) is 54.5 Å². The Kier molecular flexibility index (Phi) is 5.46. The first-order valence-electron chi connectivity index (χ1n) is 6.80. The Hall–Kier alpha value is -0.300. The molecule has 0 aromatic carbocycles. The summed E-state index contributed by atoms with van der Waals surface area (Å²) in [5.74, 6) is 0.541. The number of aliphatic hydroxyl groups is 1. The Balaban J connectivity index is 4.70. The van der Waals surface area contributed by atoms with Gasteiger partial charge in [0.25, 0.3) is 0 Å². The van der Waals surface area contributed by atoms with Crippen molar-refractivity contribution in [2.24, 2.45) is 16.7 Å². The Bertz CT molecular complexity index is 225. The van der Waals surface area contributed by atoms with Crippen molar-refractivity contribution >= 4 is 0 Å². The molecule has 17 heavy (non-hydrogen) atoms. The van der Waals surface area contributed by atoms with Gasteiger partial charge in [0.05, 0.1) is 5.60 Å². The SMILES string of the molecule is C=CC(C)CCCC(O)(C(C)(C)C)C(C)(C)C. The van der Waals surface area contributed by atoms with Crippen LogP contribution in [-0.2, 0) is 0 Å². The van der Waals surface area contributed by atoms with E-state index in [1.54, 1.807) is 0 Å². The number of rotatable bonds is 5. The summed E-state index contributed by atoms with van der Waals surface area (Å²) in [6, 6.07) is 0. The van der Waals surface area contributed by atoms with Gasteiger partial charge in [-0.15, -0.1) is 6.58 Å². The van der Waals surface area contributed by atoms with Crippen molar-refractivity contribution in [1.82, 2.24) is 0 Å². The van der Waals surface area contributed by atoms with Crippen molar-refractivity contribution in [1.29, 1.82) is 0 Å². The van der Waals surface area contributed by atoms with Crippen LogP contribution in [0.4, 0.5) is 0 Å². The Morgan fingerprint density at radius 3 is 1.76 bits per heavy atom. The lowest BCUT2D eigenvalue weighted by Crippen LogP contribution is -2.53. The van der Waals surface area contributed by atoms with Crippen LogP contribution in [0.3, 0.4) is 0 Å². The Labute approximate surface area is 108 Å². The monoisotopic (exact) mass is 240 g/mol. The van der Waals surface area contributed by atoms with Crippen molar-refractivity contribution in [2.75, 3.05) is 0 Å². The smallest absolute Gasteiger partial charge is 0.0743 e. The fourth-order valence-corrected chi connectivity index (χ4v) is 2.67. The molecule has 0 amide bonds. The lowest BCUT2D eigenvalue weighted by molar-refractivity contribution is -0.143. The largest absolute Gasteiger partial charge is 0.389 e. The van der Waals surface area contributed by atoms with Crippen LogP contribution in [-0.4, -0.2) is 10.7 Å². The molecule has 102 valence electrons. The van der Waals surface area contributed by atoms with Crippen molar-refractivity contribution in [3.63, 3.8) is 0 Å². The highest BCUT2D eigenvalue weighted by Crippen LogP contribution is 2.47. The highest BCUT2D eigenvalue weighted by atomic mass is 16.3. The fraction of sp³-hybridized carbons (Fsp3) is 0.875. The number of allylic oxidation sites excluding steroid dienone is 1. The maximum absolute atomic E-state index is 11.0. The van der Waals surface area contributed by atoms with E-state index in [1.807, 2.05) is 6.08 Å². The first-order valence-corrected chi connectivity index (χ1v) is 6.80. The standard InChI is InChI=1S/C16H32O/c1-9-13(2)11-10-12-16(17,14(3,4)5)15(6,7)8/h9,13,17H,1,10-12H2,2-8H3. The summed E-state index contributed by atoms with van der Waals surface area (Å²) >= 11 is 0. The molecule has 0 heterocycles. The number of hydrogen-bond donors (Lipinski definition) is 1. The molecule has 0 aromatic heterocycles. The van der Waals surface area contributed by atoms with Crippen LogP contribution in [0.1, 0.15) is 67.7 Å². The lowest BCUT2D eigenvalue weighted by Gasteiger charge is -2.50. The van der Waals surface area contributed by atoms with Crippen LogP contribution in [0.5, 0.6) is 0 Å². The molecule has 0 aromatic rings. The number of hydrogen-bond acceptors (Lipinski definition) is 1. The van der Waals surface area contributed by atoms with Crippen LogP contribution < -0.4 is 0 Å². The average molecular weight is 240 g/mol. The van der Waals surface area contributed by atoms with Gasteiger partial charge < -0.3 is 5.11 Å². The minimum Gasteiger partial charge on any atom is -0.389 e. The molecule has 1 unspecified atom stereocenters. The molecule has 0 rings (SSSR count). The molecule has 0 saturated heterocycles. The van der Waals surface area contributed by atoms with Gasteiger partial charge >= 0.3 is 0 Å². The second kappa shape index (κ2) is 5.56. The van der Waals surface area contributed by atoms with E-state index >= 15 is 0 Å². The normalized spacial score (nSPS) is 15.8. The molecule has 0 aliphatic carbocycles. The van der Waals surface area contributed by atoms with E-state index in [2.05, 4.69) is 55.0 Å². The molecule has 0 aliphatic heterocycles. The molecule has 0 saturated carbocycles. The zero-order chi connectivity index (χ0) is 13.9. The maximum atomic E-state index is 11.0. The highest BCUT2D eigenvalue weighted by molar-refractivity contribution is 4.99. The maximum Gasteiger partial charge on any atom is 0.0743 e. The topological polar surface area (TPSA) is 20.2 Å². The van der Waals surface area contributed by atoms with E-state index in [9.17, 15) is 5.11 Å². The summed E-state index contributed by atoms with van der Waals surface area (Å²) in [6.07, 6.45) is 5.02. The van der Waals surface area contributed by atoms with Gasteiger partial charge in [-0.25, -0.2) is 0 Å². The highest BCUT2D eigenvalue weighted by Gasteiger charge is 2.48. The molecular formula is C16H32O. The first kappa shape index (κ1) is 16.7. The van der Waals surface area contributed by atoms with Crippen LogP contribution in [0.25, 0.3) is 0 Å². The van der Waals surface area contributed by atoms with Crippen molar-refractivity contribution in [3.05, 3.63) is 12.7 Å². The third kappa shape index (κ3) is 4.13. The molecule has 0 fully saturated rings. The van der Waals surface area contributed by atoms with E-state index in [4.69, 9.17) is 0 Å². The second-order valence-corrected chi connectivity index (χ2v) is 7.47. The second-order valence-electron chi connectivity index (χ2n) is 7.47. The van der Waals surface area contributed by atoms with Gasteiger partial charge in [0.1, 0.15) is 0 Å². The van der Waals surface area contributed by atoms with E-state index in [-0.39, 0.29) is 10.8 Å². The summed E-state index contributed by atoms with van der Waals surface area (Å²) < 4.78 is 0. The lowest BCUT2D eigenvalue weighted by atomic mass is 9.60. The molecule has 0 aliphatic rings. The summed E-state index contributed by atoms with van der Waals surface area (Å²) in [5, 5.41) is 11.0. The molecule has 1 atom stereocenters. The van der Waals surface area contributed by atoms with E-state index in [1.165, 1.54) is 0 Å². The summed E-state index contributed by atoms with van der Waals surface area (Å²) in [7, 11) is 0. The Morgan fingerprint density at radius 1 is 1.06 bits per heavy atom. The third-order valence-corrected chi connectivity index (χ3v) is 4.08. The van der Waals surface area contributed by atoms with Crippen LogP contribution in [0.15, 0.2) is 12.7 Å². The van der Waals surface area contributed by atoms with Gasteiger partial charge in [0.15, 0.2) is 0 Å². The molecule has 0 radical (unpaired) electrons. The quantitative estimate of drug-likeness (QED) is 0.684. The predicted molar refractivity (Wildman–Crippen MR) is 77.1 cm³/mol. The minimum absolute atomic E-state index is 0.0946. The van der Waals surface area contributed by atoms with E-state index in [0.717, 1.165) is 19.3 Å². The first-order chi connectivity index (χ1) is 7.45. The van der Waals surface area contributed by atoms with Crippen molar-refractivity contribution < 1.29 is 5.11 Å². The Morgan fingerprint density at radius 2 is 1.47 bits per heavy atom. The molecule has 1 N–H and O–H groups in total. The van der Waals surface area contributed by atoms with Crippen LogP contribution in [0, 0.1) is 16.7 Å². The van der Waals surface area contributed by atoms with Gasteiger partial charge in [-0.05, 0) is 36.0 Å². The van der Waals surface area contributed by atoms with Crippen LogP contribution in [0.2, 0.25) is 0 Å². The van der Waals surface area contributed by atoms with Gasteiger partial charge in [-0.3, -0.25) is 0 Å². The predicted octanol–water partition coefficient (Wildman–Crippen LogP) is 4.80. The summed E-state index contributed by atoms with van der Waals surface area (Å²) in [6.45, 7) is 18.8. The fourth-order valence-electron chi connectivity index (χ4n) is 2.67. The van der Waals surface area contributed by atoms with Gasteiger partial charge in [0.2, 0.25) is 0 Å². The van der Waals surface area contributed by atoms with E-state index in [0.29, 0.717) is 5.92 Å². The van der Waals surface area contributed by atoms with Crippen molar-refractivity contribution in [2.45, 2.75) is 73.3 Å². The molecule has 0 bridgehead atoms. The average Bonchev–Trinajstić information content (AvgIpc) is 2.13. The zero-order valence-corrected chi connectivity index (χ0v) is 12.9. The molecular weight excluding hydrogens is 208 g/mol. The molecule has 1 nitrogen and oxygen atoms in total.